The molecule has 21 heavy (non-hydrogen) atoms. The van der Waals surface area contributed by atoms with E-state index in [1.807, 2.05) is 0 Å². The molecule has 0 aliphatic rings. The van der Waals surface area contributed by atoms with Gasteiger partial charge < -0.3 is 9.97 Å². The monoisotopic (exact) mass is 280 g/mol. The molecule has 0 atom stereocenters. The van der Waals surface area contributed by atoms with Crippen molar-refractivity contribution in [3.05, 3.63) is 59.0 Å². The summed E-state index contributed by atoms with van der Waals surface area (Å²) >= 11 is 0. The summed E-state index contributed by atoms with van der Waals surface area (Å²) in [5.74, 6) is 0.525. The number of hydrogen-bond acceptors (Lipinski definition) is 0. The highest BCUT2D eigenvalue weighted by molar-refractivity contribution is 5.80. The highest BCUT2D eigenvalue weighted by Crippen LogP contribution is 2.34. The Morgan fingerprint density at radius 2 is 1.62 bits per heavy atom. The van der Waals surface area contributed by atoms with E-state index in [2.05, 4.69) is 81.0 Å². The summed E-state index contributed by atoms with van der Waals surface area (Å²) < 4.78 is 0. The maximum absolute atomic E-state index is 3.64. The molecule has 2 aromatic heterocycles. The molecule has 2 N–H and O–H groups in total. The van der Waals surface area contributed by atoms with Gasteiger partial charge in [0.2, 0.25) is 0 Å². The van der Waals surface area contributed by atoms with E-state index in [-0.39, 0.29) is 5.41 Å². The topological polar surface area (TPSA) is 31.6 Å². The number of fused-ring (bicyclic) bond motifs is 1. The summed E-state index contributed by atoms with van der Waals surface area (Å²) in [6.45, 7) is 11.2. The van der Waals surface area contributed by atoms with Crippen molar-refractivity contribution in [3.8, 4) is 0 Å². The minimum absolute atomic E-state index is 0.0586. The predicted octanol–water partition coefficient (Wildman–Crippen LogP) is 5.25. The quantitative estimate of drug-likeness (QED) is 0.656. The van der Waals surface area contributed by atoms with Crippen LogP contribution in [0.4, 0.5) is 0 Å². The van der Waals surface area contributed by atoms with E-state index in [0.29, 0.717) is 5.92 Å². The largest absolute Gasteiger partial charge is 0.361 e. The average Bonchev–Trinajstić information content (AvgIpc) is 3.02. The number of aryl methyl sites for hydroxylation is 1. The second-order valence-electron chi connectivity index (χ2n) is 6.83. The first-order chi connectivity index (χ1) is 9.89. The summed E-state index contributed by atoms with van der Waals surface area (Å²) in [6, 6.07) is 13.0. The van der Waals surface area contributed by atoms with Crippen molar-refractivity contribution in [1.82, 2.24) is 9.97 Å². The molecule has 0 bridgehead atoms. The van der Waals surface area contributed by atoms with E-state index in [9.17, 15) is 0 Å². The Balaban J connectivity index is 2.08. The molecule has 0 unspecified atom stereocenters. The smallest absolute Gasteiger partial charge is 0.0456 e. The van der Waals surface area contributed by atoms with Crippen molar-refractivity contribution in [2.75, 3.05) is 0 Å². The fourth-order valence-electron chi connectivity index (χ4n) is 3.07. The molecule has 2 heterocycles. The van der Waals surface area contributed by atoms with E-state index < -0.39 is 0 Å². The Labute approximate surface area is 126 Å². The molecule has 3 rings (SSSR count). The van der Waals surface area contributed by atoms with Crippen LogP contribution in [0, 0.1) is 6.92 Å². The van der Waals surface area contributed by atoms with Crippen LogP contribution in [0.1, 0.15) is 56.3 Å². The standard InChI is InChI=1S/C19H24N2/c1-12(2)18-13(3)10-16(21-18)19(4,5)17-11-14-8-6-7-9-15(14)20-17/h6-12,20-21H,1-5H3. The van der Waals surface area contributed by atoms with Gasteiger partial charge in [0.15, 0.2) is 0 Å². The van der Waals surface area contributed by atoms with Gasteiger partial charge in [-0.3, -0.25) is 0 Å². The minimum atomic E-state index is -0.0586. The first-order valence-electron chi connectivity index (χ1n) is 7.68. The summed E-state index contributed by atoms with van der Waals surface area (Å²) in [5.41, 5.74) is 6.36. The minimum Gasteiger partial charge on any atom is -0.361 e. The van der Waals surface area contributed by atoms with Gasteiger partial charge >= 0.3 is 0 Å². The Morgan fingerprint density at radius 3 is 2.24 bits per heavy atom. The number of H-pyrrole nitrogens is 2. The molecule has 0 saturated carbocycles. The lowest BCUT2D eigenvalue weighted by molar-refractivity contribution is 0.600. The highest BCUT2D eigenvalue weighted by atomic mass is 14.8. The van der Waals surface area contributed by atoms with Crippen molar-refractivity contribution in [2.45, 2.75) is 46.0 Å². The molecule has 0 spiro atoms. The van der Waals surface area contributed by atoms with E-state index in [0.717, 1.165) is 0 Å². The number of nitrogens with one attached hydrogen (secondary N) is 2. The van der Waals surface area contributed by atoms with Crippen LogP contribution >= 0.6 is 0 Å². The Morgan fingerprint density at radius 1 is 0.952 bits per heavy atom. The molecule has 0 saturated heterocycles. The third-order valence-corrected chi connectivity index (χ3v) is 4.51. The van der Waals surface area contributed by atoms with Gasteiger partial charge in [0.05, 0.1) is 0 Å². The third-order valence-electron chi connectivity index (χ3n) is 4.51. The van der Waals surface area contributed by atoms with Crippen LogP contribution in [0.3, 0.4) is 0 Å². The number of aromatic amines is 2. The molecule has 110 valence electrons. The number of para-hydroxylation sites is 1. The molecule has 0 aliphatic heterocycles. The average molecular weight is 280 g/mol. The van der Waals surface area contributed by atoms with Crippen molar-refractivity contribution in [2.24, 2.45) is 0 Å². The molecule has 2 heteroatoms. The van der Waals surface area contributed by atoms with Crippen LogP contribution < -0.4 is 0 Å². The lowest BCUT2D eigenvalue weighted by atomic mass is 9.85. The zero-order valence-electron chi connectivity index (χ0n) is 13.5. The van der Waals surface area contributed by atoms with Gasteiger partial charge in [0, 0.05) is 28.0 Å². The second kappa shape index (κ2) is 4.80. The van der Waals surface area contributed by atoms with Gasteiger partial charge in [-0.2, -0.15) is 0 Å². The molecule has 0 radical (unpaired) electrons. The van der Waals surface area contributed by atoms with Crippen molar-refractivity contribution < 1.29 is 0 Å². The summed E-state index contributed by atoms with van der Waals surface area (Å²) in [5, 5.41) is 1.27. The molecule has 3 aromatic rings. The Kier molecular flexibility index (Phi) is 3.20. The van der Waals surface area contributed by atoms with Crippen LogP contribution in [-0.4, -0.2) is 9.97 Å². The van der Waals surface area contributed by atoms with Gasteiger partial charge in [-0.1, -0.05) is 32.0 Å². The lowest BCUT2D eigenvalue weighted by Crippen LogP contribution is -2.20. The van der Waals surface area contributed by atoms with E-state index in [1.165, 1.54) is 33.5 Å². The maximum atomic E-state index is 3.64. The van der Waals surface area contributed by atoms with Gasteiger partial charge in [0.25, 0.3) is 0 Å². The number of aromatic nitrogens is 2. The van der Waals surface area contributed by atoms with Crippen LogP contribution in [0.15, 0.2) is 36.4 Å². The van der Waals surface area contributed by atoms with Gasteiger partial charge in [-0.25, -0.2) is 0 Å². The number of benzene rings is 1. The lowest BCUT2D eigenvalue weighted by Gasteiger charge is -2.22. The first-order valence-corrected chi connectivity index (χ1v) is 7.68. The van der Waals surface area contributed by atoms with E-state index >= 15 is 0 Å². The molecule has 1 aromatic carbocycles. The second-order valence-corrected chi connectivity index (χ2v) is 6.83. The van der Waals surface area contributed by atoms with Gasteiger partial charge in [0.1, 0.15) is 0 Å². The SMILES string of the molecule is Cc1cc(C(C)(C)c2cc3ccccc3[nH]2)[nH]c1C(C)C. The normalized spacial score (nSPS) is 12.5. The molecular formula is C19H24N2. The fraction of sp³-hybridized carbons (Fsp3) is 0.368. The number of rotatable bonds is 3. The van der Waals surface area contributed by atoms with E-state index in [4.69, 9.17) is 0 Å². The van der Waals surface area contributed by atoms with Crippen molar-refractivity contribution in [3.63, 3.8) is 0 Å². The van der Waals surface area contributed by atoms with Crippen LogP contribution in [0.5, 0.6) is 0 Å². The highest BCUT2D eigenvalue weighted by Gasteiger charge is 2.27. The third kappa shape index (κ3) is 2.29. The summed E-state index contributed by atoms with van der Waals surface area (Å²) in [7, 11) is 0. The Bertz CT molecular complexity index is 739. The summed E-state index contributed by atoms with van der Waals surface area (Å²) in [4.78, 5) is 7.22. The number of hydrogen-bond donors (Lipinski definition) is 2. The van der Waals surface area contributed by atoms with Crippen LogP contribution in [-0.2, 0) is 5.41 Å². The van der Waals surface area contributed by atoms with E-state index in [1.54, 1.807) is 0 Å². The van der Waals surface area contributed by atoms with Crippen molar-refractivity contribution >= 4 is 10.9 Å². The maximum Gasteiger partial charge on any atom is 0.0456 e. The van der Waals surface area contributed by atoms with Gasteiger partial charge in [-0.15, -0.1) is 0 Å². The molecule has 0 aliphatic carbocycles. The molecule has 0 fully saturated rings. The first kappa shape index (κ1) is 14.0. The fourth-order valence-corrected chi connectivity index (χ4v) is 3.07. The zero-order chi connectivity index (χ0) is 15.2. The zero-order valence-corrected chi connectivity index (χ0v) is 13.5. The molecule has 2 nitrogen and oxygen atoms in total. The molecule has 0 amide bonds. The van der Waals surface area contributed by atoms with Crippen LogP contribution in [0.2, 0.25) is 0 Å². The summed E-state index contributed by atoms with van der Waals surface area (Å²) in [6.07, 6.45) is 0. The predicted molar refractivity (Wildman–Crippen MR) is 90.0 cm³/mol. The van der Waals surface area contributed by atoms with Gasteiger partial charge in [-0.05, 0) is 55.8 Å². The Hall–Kier alpha value is -1.96. The van der Waals surface area contributed by atoms with Crippen LogP contribution in [0.25, 0.3) is 10.9 Å². The molecular weight excluding hydrogens is 256 g/mol. The van der Waals surface area contributed by atoms with Crippen molar-refractivity contribution in [1.29, 1.82) is 0 Å².